The van der Waals surface area contributed by atoms with Crippen molar-refractivity contribution in [1.82, 2.24) is 0 Å². The fourth-order valence-corrected chi connectivity index (χ4v) is 1.92. The van der Waals surface area contributed by atoms with Crippen LogP contribution >= 0.6 is 0 Å². The van der Waals surface area contributed by atoms with Gasteiger partial charge in [-0.15, -0.1) is 0 Å². The summed E-state index contributed by atoms with van der Waals surface area (Å²) in [5.74, 6) is -0.0708. The molecule has 0 radical (unpaired) electrons. The number of hydrogen-bond acceptors (Lipinski definition) is 3. The first-order chi connectivity index (χ1) is 7.27. The van der Waals surface area contributed by atoms with E-state index >= 15 is 0 Å². The SMILES string of the molecule is C=COC1CCCCC1COC(=O)C=C. The summed E-state index contributed by atoms with van der Waals surface area (Å²) in [5.41, 5.74) is 0. The van der Waals surface area contributed by atoms with Gasteiger partial charge in [0.25, 0.3) is 0 Å². The van der Waals surface area contributed by atoms with E-state index in [0.717, 1.165) is 12.8 Å². The maximum atomic E-state index is 10.9. The van der Waals surface area contributed by atoms with Crippen LogP contribution in [0.5, 0.6) is 0 Å². The number of carbonyl (C=O) groups excluding carboxylic acids is 1. The molecule has 0 bridgehead atoms. The molecule has 1 rings (SSSR count). The predicted octanol–water partition coefficient (Wildman–Crippen LogP) is 2.43. The van der Waals surface area contributed by atoms with Crippen LogP contribution in [0, 0.1) is 5.92 Å². The van der Waals surface area contributed by atoms with Crippen LogP contribution in [0.4, 0.5) is 0 Å². The Morgan fingerprint density at radius 2 is 2.07 bits per heavy atom. The number of rotatable bonds is 5. The minimum Gasteiger partial charge on any atom is -0.498 e. The first-order valence-electron chi connectivity index (χ1n) is 5.33. The summed E-state index contributed by atoms with van der Waals surface area (Å²) >= 11 is 0. The fourth-order valence-electron chi connectivity index (χ4n) is 1.92. The summed E-state index contributed by atoms with van der Waals surface area (Å²) in [4.78, 5) is 10.9. The van der Waals surface area contributed by atoms with Gasteiger partial charge in [-0.1, -0.05) is 19.6 Å². The molecule has 0 saturated heterocycles. The van der Waals surface area contributed by atoms with Gasteiger partial charge < -0.3 is 9.47 Å². The lowest BCUT2D eigenvalue weighted by Gasteiger charge is -2.30. The average molecular weight is 210 g/mol. The quantitative estimate of drug-likeness (QED) is 0.397. The molecular formula is C12H18O3. The van der Waals surface area contributed by atoms with Crippen LogP contribution in [0.2, 0.25) is 0 Å². The Labute approximate surface area is 90.8 Å². The minimum absolute atomic E-state index is 0.147. The van der Waals surface area contributed by atoms with E-state index < -0.39 is 0 Å². The molecule has 2 unspecified atom stereocenters. The number of esters is 1. The second kappa shape index (κ2) is 6.27. The first-order valence-corrected chi connectivity index (χ1v) is 5.33. The lowest BCUT2D eigenvalue weighted by atomic mass is 9.87. The van der Waals surface area contributed by atoms with Crippen molar-refractivity contribution in [2.45, 2.75) is 31.8 Å². The molecule has 0 aromatic carbocycles. The molecule has 2 atom stereocenters. The Morgan fingerprint density at radius 3 is 2.73 bits per heavy atom. The van der Waals surface area contributed by atoms with Gasteiger partial charge in [-0.2, -0.15) is 0 Å². The molecule has 0 spiro atoms. The molecule has 15 heavy (non-hydrogen) atoms. The normalized spacial score (nSPS) is 25.3. The van der Waals surface area contributed by atoms with Gasteiger partial charge in [0.05, 0.1) is 12.9 Å². The third-order valence-corrected chi connectivity index (χ3v) is 2.72. The minimum atomic E-state index is -0.363. The van der Waals surface area contributed by atoms with Crippen molar-refractivity contribution in [1.29, 1.82) is 0 Å². The molecule has 1 saturated carbocycles. The highest BCUT2D eigenvalue weighted by molar-refractivity contribution is 5.81. The molecular weight excluding hydrogens is 192 g/mol. The van der Waals surface area contributed by atoms with Crippen LogP contribution in [0.15, 0.2) is 25.5 Å². The van der Waals surface area contributed by atoms with Crippen LogP contribution in [-0.2, 0) is 14.3 Å². The summed E-state index contributed by atoms with van der Waals surface area (Å²) in [7, 11) is 0. The Hall–Kier alpha value is -1.25. The summed E-state index contributed by atoms with van der Waals surface area (Å²) < 4.78 is 10.4. The van der Waals surface area contributed by atoms with Crippen molar-refractivity contribution in [3.8, 4) is 0 Å². The summed E-state index contributed by atoms with van der Waals surface area (Å²) in [6.07, 6.45) is 7.21. The molecule has 1 aliphatic rings. The molecule has 1 aliphatic carbocycles. The van der Waals surface area contributed by atoms with Crippen LogP contribution in [0.25, 0.3) is 0 Å². The molecule has 0 aromatic rings. The van der Waals surface area contributed by atoms with Gasteiger partial charge in [-0.25, -0.2) is 4.79 Å². The second-order valence-corrected chi connectivity index (χ2v) is 3.72. The highest BCUT2D eigenvalue weighted by Gasteiger charge is 2.26. The zero-order chi connectivity index (χ0) is 11.1. The van der Waals surface area contributed by atoms with E-state index in [2.05, 4.69) is 13.2 Å². The Balaban J connectivity index is 2.38. The van der Waals surface area contributed by atoms with E-state index in [-0.39, 0.29) is 12.1 Å². The summed E-state index contributed by atoms with van der Waals surface area (Å²) in [6, 6.07) is 0. The van der Waals surface area contributed by atoms with E-state index in [1.807, 2.05) is 0 Å². The first kappa shape index (κ1) is 11.8. The van der Waals surface area contributed by atoms with Gasteiger partial charge in [0.1, 0.15) is 6.10 Å². The molecule has 84 valence electrons. The molecule has 0 heterocycles. The van der Waals surface area contributed by atoms with Crippen LogP contribution < -0.4 is 0 Å². The van der Waals surface area contributed by atoms with E-state index in [0.29, 0.717) is 12.5 Å². The third-order valence-electron chi connectivity index (χ3n) is 2.72. The number of ether oxygens (including phenoxy) is 2. The van der Waals surface area contributed by atoms with Crippen LogP contribution in [0.3, 0.4) is 0 Å². The predicted molar refractivity (Wildman–Crippen MR) is 58.2 cm³/mol. The van der Waals surface area contributed by atoms with E-state index in [1.165, 1.54) is 25.2 Å². The van der Waals surface area contributed by atoms with E-state index in [9.17, 15) is 4.79 Å². The maximum Gasteiger partial charge on any atom is 0.330 e. The van der Waals surface area contributed by atoms with Crippen molar-refractivity contribution in [3.05, 3.63) is 25.5 Å². The molecule has 1 fully saturated rings. The van der Waals surface area contributed by atoms with Crippen molar-refractivity contribution in [3.63, 3.8) is 0 Å². The summed E-state index contributed by atoms with van der Waals surface area (Å²) in [6.45, 7) is 7.33. The fraction of sp³-hybridized carbons (Fsp3) is 0.583. The molecule has 0 aromatic heterocycles. The molecule has 3 heteroatoms. The third kappa shape index (κ3) is 3.78. The van der Waals surface area contributed by atoms with E-state index in [4.69, 9.17) is 9.47 Å². The Morgan fingerprint density at radius 1 is 1.33 bits per heavy atom. The van der Waals surface area contributed by atoms with Gasteiger partial charge in [-0.3, -0.25) is 0 Å². The van der Waals surface area contributed by atoms with E-state index in [1.54, 1.807) is 0 Å². The lowest BCUT2D eigenvalue weighted by Crippen LogP contribution is -2.30. The second-order valence-electron chi connectivity index (χ2n) is 3.72. The van der Waals surface area contributed by atoms with Gasteiger partial charge in [0.15, 0.2) is 0 Å². The van der Waals surface area contributed by atoms with Crippen LogP contribution in [-0.4, -0.2) is 18.7 Å². The highest BCUT2D eigenvalue weighted by atomic mass is 16.5. The van der Waals surface area contributed by atoms with Gasteiger partial charge in [-0.05, 0) is 19.3 Å². The largest absolute Gasteiger partial charge is 0.498 e. The van der Waals surface area contributed by atoms with Crippen molar-refractivity contribution >= 4 is 5.97 Å². The summed E-state index contributed by atoms with van der Waals surface area (Å²) in [5, 5.41) is 0. The topological polar surface area (TPSA) is 35.5 Å². The average Bonchev–Trinajstić information content (AvgIpc) is 2.28. The Kier molecular flexibility index (Phi) is 4.95. The van der Waals surface area contributed by atoms with Gasteiger partial charge in [0.2, 0.25) is 0 Å². The van der Waals surface area contributed by atoms with Crippen molar-refractivity contribution in [2.75, 3.05) is 6.61 Å². The highest BCUT2D eigenvalue weighted by Crippen LogP contribution is 2.27. The lowest BCUT2D eigenvalue weighted by molar-refractivity contribution is -0.140. The standard InChI is InChI=1S/C12H18O3/c1-3-12(13)15-9-10-7-5-6-8-11(10)14-4-2/h3-4,10-11H,1-2,5-9H2. The molecule has 0 amide bonds. The van der Waals surface area contributed by atoms with Crippen LogP contribution in [0.1, 0.15) is 25.7 Å². The zero-order valence-corrected chi connectivity index (χ0v) is 8.98. The van der Waals surface area contributed by atoms with Crippen molar-refractivity contribution < 1.29 is 14.3 Å². The molecule has 0 aliphatic heterocycles. The van der Waals surface area contributed by atoms with Gasteiger partial charge in [0, 0.05) is 12.0 Å². The zero-order valence-electron chi connectivity index (χ0n) is 8.98. The number of hydrogen-bond donors (Lipinski definition) is 0. The number of carbonyl (C=O) groups is 1. The van der Waals surface area contributed by atoms with Gasteiger partial charge >= 0.3 is 5.97 Å². The molecule has 0 N–H and O–H groups in total. The maximum absolute atomic E-state index is 10.9. The smallest absolute Gasteiger partial charge is 0.330 e. The monoisotopic (exact) mass is 210 g/mol. The van der Waals surface area contributed by atoms with Crippen molar-refractivity contribution in [2.24, 2.45) is 5.92 Å². The molecule has 3 nitrogen and oxygen atoms in total. The Bertz CT molecular complexity index is 235.